The smallest absolute Gasteiger partial charge is 0.321 e. The van der Waals surface area contributed by atoms with Crippen molar-refractivity contribution in [2.45, 2.75) is 12.5 Å². The van der Waals surface area contributed by atoms with E-state index in [1.165, 1.54) is 22.9 Å². The summed E-state index contributed by atoms with van der Waals surface area (Å²) in [6.45, 7) is 0.120. The average Bonchev–Trinajstić information content (AvgIpc) is 3.15. The van der Waals surface area contributed by atoms with E-state index in [1.807, 2.05) is 30.3 Å². The van der Waals surface area contributed by atoms with Crippen LogP contribution in [0.25, 0.3) is 0 Å². The molecule has 1 fully saturated rings. The Bertz CT molecular complexity index is 764. The van der Waals surface area contributed by atoms with Crippen molar-refractivity contribution in [2.75, 3.05) is 12.5 Å². The van der Waals surface area contributed by atoms with Crippen LogP contribution in [0.2, 0.25) is 0 Å². The minimum atomic E-state index is -0.928. The molecule has 1 aromatic heterocycles. The van der Waals surface area contributed by atoms with Gasteiger partial charge in [-0.3, -0.25) is 19.4 Å². The highest BCUT2D eigenvalue weighted by molar-refractivity contribution is 8.23. The van der Waals surface area contributed by atoms with Gasteiger partial charge in [0.1, 0.15) is 10.4 Å². The summed E-state index contributed by atoms with van der Waals surface area (Å²) in [5.41, 5.74) is 0.928. The van der Waals surface area contributed by atoms with Gasteiger partial charge in [-0.2, -0.15) is 0 Å². The largest absolute Gasteiger partial charge is 0.480 e. The van der Waals surface area contributed by atoms with E-state index in [4.69, 9.17) is 16.6 Å². The monoisotopic (exact) mass is 376 g/mol. The van der Waals surface area contributed by atoms with Gasteiger partial charge < -0.3 is 9.52 Å². The van der Waals surface area contributed by atoms with Gasteiger partial charge in [0.05, 0.1) is 18.8 Å². The normalized spacial score (nSPS) is 16.6. The summed E-state index contributed by atoms with van der Waals surface area (Å²) in [6.07, 6.45) is 1.77. The zero-order chi connectivity index (χ0) is 17.8. The van der Waals surface area contributed by atoms with Crippen LogP contribution >= 0.6 is 24.0 Å². The van der Waals surface area contributed by atoms with Crippen molar-refractivity contribution in [1.29, 1.82) is 0 Å². The van der Waals surface area contributed by atoms with Gasteiger partial charge in [0, 0.05) is 0 Å². The van der Waals surface area contributed by atoms with E-state index in [9.17, 15) is 14.7 Å². The molecular weight excluding hydrogens is 360 g/mol. The van der Waals surface area contributed by atoms with Gasteiger partial charge >= 0.3 is 5.97 Å². The number of benzene rings is 1. The number of thiocarbonyl (C=S) groups is 1. The molecule has 1 aromatic carbocycles. The number of aliphatic carboxylic acids is 1. The zero-order valence-corrected chi connectivity index (χ0v) is 14.8. The second-order valence-corrected chi connectivity index (χ2v) is 7.10. The van der Waals surface area contributed by atoms with Gasteiger partial charge in [-0.25, -0.2) is 0 Å². The quantitative estimate of drug-likeness (QED) is 0.804. The lowest BCUT2D eigenvalue weighted by Gasteiger charge is -2.37. The number of hydrogen-bond acceptors (Lipinski definition) is 6. The van der Waals surface area contributed by atoms with Crippen LogP contribution in [0.4, 0.5) is 0 Å². The third kappa shape index (κ3) is 4.09. The van der Waals surface area contributed by atoms with Crippen LogP contribution in [0, 0.1) is 0 Å². The molecule has 1 aliphatic heterocycles. The zero-order valence-electron chi connectivity index (χ0n) is 13.2. The third-order valence-electron chi connectivity index (χ3n) is 3.87. The van der Waals surface area contributed by atoms with Gasteiger partial charge in [-0.05, 0) is 24.1 Å². The maximum atomic E-state index is 12.5. The number of carbonyl (C=O) groups is 2. The molecule has 2 aromatic rings. The predicted octanol–water partition coefficient (Wildman–Crippen LogP) is 2.67. The number of furan rings is 1. The van der Waals surface area contributed by atoms with Crippen LogP contribution in [0.5, 0.6) is 0 Å². The Labute approximate surface area is 154 Å². The maximum absolute atomic E-state index is 12.5. The highest BCUT2D eigenvalue weighted by Gasteiger charge is 2.35. The molecule has 1 amide bonds. The maximum Gasteiger partial charge on any atom is 0.321 e. The minimum Gasteiger partial charge on any atom is -0.480 e. The number of carbonyl (C=O) groups excluding carboxylic acids is 1. The SMILES string of the molecule is O=C(O)C(Cc1ccccc1)N1CSC(=S)N(C(=O)c2ccco2)C1. The number of carboxylic acids is 1. The molecule has 8 heteroatoms. The van der Waals surface area contributed by atoms with Crippen molar-refractivity contribution < 1.29 is 19.1 Å². The number of thioether (sulfide) groups is 1. The van der Waals surface area contributed by atoms with E-state index in [2.05, 4.69) is 0 Å². The summed E-state index contributed by atoms with van der Waals surface area (Å²) in [5.74, 6) is -0.691. The first-order valence-corrected chi connectivity index (χ1v) is 8.98. The Morgan fingerprint density at radius 3 is 2.64 bits per heavy atom. The summed E-state index contributed by atoms with van der Waals surface area (Å²) >= 11 is 6.54. The van der Waals surface area contributed by atoms with Gasteiger partial charge in [-0.1, -0.05) is 54.3 Å². The summed E-state index contributed by atoms with van der Waals surface area (Å²) in [7, 11) is 0. The molecule has 3 rings (SSSR count). The van der Waals surface area contributed by atoms with Gasteiger partial charge in [0.2, 0.25) is 0 Å². The van der Waals surface area contributed by atoms with E-state index in [1.54, 1.807) is 17.0 Å². The van der Waals surface area contributed by atoms with Crippen molar-refractivity contribution in [3.63, 3.8) is 0 Å². The first-order valence-electron chi connectivity index (χ1n) is 7.59. The van der Waals surface area contributed by atoms with Crippen molar-refractivity contribution >= 4 is 40.2 Å². The molecule has 0 spiro atoms. The molecule has 1 aliphatic rings. The predicted molar refractivity (Wildman–Crippen MR) is 98.2 cm³/mol. The fourth-order valence-corrected chi connectivity index (χ4v) is 3.71. The van der Waals surface area contributed by atoms with Gasteiger partial charge in [0.15, 0.2) is 5.76 Å². The molecule has 1 unspecified atom stereocenters. The van der Waals surface area contributed by atoms with E-state index in [-0.39, 0.29) is 18.3 Å². The Kier molecular flexibility index (Phi) is 5.52. The summed E-state index contributed by atoms with van der Waals surface area (Å²) < 4.78 is 5.56. The van der Waals surface area contributed by atoms with Crippen LogP contribution < -0.4 is 0 Å². The van der Waals surface area contributed by atoms with Crippen LogP contribution in [0.3, 0.4) is 0 Å². The second kappa shape index (κ2) is 7.81. The third-order valence-corrected chi connectivity index (χ3v) is 5.37. The number of rotatable bonds is 5. The number of amides is 1. The first kappa shape index (κ1) is 17.7. The molecule has 0 aliphatic carbocycles. The van der Waals surface area contributed by atoms with Crippen molar-refractivity contribution in [2.24, 2.45) is 0 Å². The number of carboxylic acid groups (broad SMARTS) is 1. The molecule has 2 heterocycles. The Balaban J connectivity index is 1.77. The van der Waals surface area contributed by atoms with Gasteiger partial charge in [0.25, 0.3) is 5.91 Å². The lowest BCUT2D eigenvalue weighted by molar-refractivity contribution is -0.143. The van der Waals surface area contributed by atoms with E-state index in [0.717, 1.165) is 5.56 Å². The van der Waals surface area contributed by atoms with Crippen LogP contribution in [0.1, 0.15) is 16.1 Å². The number of hydrogen-bond donors (Lipinski definition) is 1. The first-order chi connectivity index (χ1) is 12.1. The van der Waals surface area contributed by atoms with E-state index >= 15 is 0 Å². The Morgan fingerprint density at radius 1 is 1.24 bits per heavy atom. The van der Waals surface area contributed by atoms with Crippen molar-refractivity contribution in [3.8, 4) is 0 Å². The highest BCUT2D eigenvalue weighted by Crippen LogP contribution is 2.24. The molecule has 0 radical (unpaired) electrons. The molecule has 1 N–H and O–H groups in total. The fraction of sp³-hybridized carbons (Fsp3) is 0.235. The second-order valence-electron chi connectivity index (χ2n) is 5.52. The van der Waals surface area contributed by atoms with Crippen LogP contribution in [0.15, 0.2) is 53.1 Å². The Hall–Kier alpha value is -2.16. The van der Waals surface area contributed by atoms with Crippen LogP contribution in [-0.2, 0) is 11.2 Å². The molecule has 25 heavy (non-hydrogen) atoms. The molecule has 1 atom stereocenters. The summed E-state index contributed by atoms with van der Waals surface area (Å²) in [5, 5.41) is 9.66. The topological polar surface area (TPSA) is 74.0 Å². The lowest BCUT2D eigenvalue weighted by Crippen LogP contribution is -2.54. The van der Waals surface area contributed by atoms with Crippen molar-refractivity contribution in [3.05, 3.63) is 60.1 Å². The summed E-state index contributed by atoms with van der Waals surface area (Å²) in [4.78, 5) is 27.4. The van der Waals surface area contributed by atoms with E-state index in [0.29, 0.717) is 16.6 Å². The summed E-state index contributed by atoms with van der Waals surface area (Å²) in [6, 6.07) is 11.9. The van der Waals surface area contributed by atoms with E-state index < -0.39 is 12.0 Å². The Morgan fingerprint density at radius 2 is 2.00 bits per heavy atom. The average molecular weight is 376 g/mol. The molecule has 130 valence electrons. The van der Waals surface area contributed by atoms with Crippen LogP contribution in [-0.4, -0.2) is 49.7 Å². The lowest BCUT2D eigenvalue weighted by atomic mass is 10.1. The molecule has 1 saturated heterocycles. The standard InChI is InChI=1S/C17H16N2O4S2/c20-15(14-7-4-8-23-14)19-10-18(11-25-17(19)24)13(16(21)22)9-12-5-2-1-3-6-12/h1-8,13H,9-11H2,(H,21,22). The van der Waals surface area contributed by atoms with Crippen molar-refractivity contribution in [1.82, 2.24) is 9.80 Å². The molecular formula is C17H16N2O4S2. The minimum absolute atomic E-state index is 0.120. The highest BCUT2D eigenvalue weighted by atomic mass is 32.2. The molecule has 0 bridgehead atoms. The fourth-order valence-electron chi connectivity index (χ4n) is 2.58. The number of nitrogens with zero attached hydrogens (tertiary/aromatic N) is 2. The van der Waals surface area contributed by atoms with Gasteiger partial charge in [-0.15, -0.1) is 0 Å². The molecule has 0 saturated carbocycles. The molecule has 6 nitrogen and oxygen atoms in total.